The highest BCUT2D eigenvalue weighted by Crippen LogP contribution is 2.24. The molecule has 3 rings (SSSR count). The van der Waals surface area contributed by atoms with Crippen LogP contribution < -0.4 is 0 Å². The Morgan fingerprint density at radius 2 is 1.85 bits per heavy atom. The van der Waals surface area contributed by atoms with Gasteiger partial charge in [-0.25, -0.2) is 0 Å². The first-order valence-corrected chi connectivity index (χ1v) is 10.1. The van der Waals surface area contributed by atoms with E-state index in [-0.39, 0.29) is 24.3 Å². The first kappa shape index (κ1) is 20.2. The number of hydrogen-bond donors (Lipinski definition) is 0. The second kappa shape index (κ2) is 9.09. The lowest BCUT2D eigenvalue weighted by molar-refractivity contribution is -0.140. The van der Waals surface area contributed by atoms with E-state index in [4.69, 9.17) is 23.2 Å². The Balaban J connectivity index is 1.71. The molecule has 0 saturated carbocycles. The molecule has 0 N–H and O–H groups in total. The number of nitrogens with zero attached hydrogens (tertiary/aromatic N) is 3. The van der Waals surface area contributed by atoms with E-state index in [2.05, 4.69) is 11.5 Å². The molecule has 0 radical (unpaired) electrons. The molecule has 0 aliphatic carbocycles. The summed E-state index contributed by atoms with van der Waals surface area (Å²) >= 11 is 12.0. The minimum Gasteiger partial charge on any atom is -0.335 e. The Bertz CT molecular complexity index is 719. The molecule has 1 atom stereocenters. The molecule has 27 heavy (non-hydrogen) atoms. The van der Waals surface area contributed by atoms with Crippen LogP contribution >= 0.6 is 23.2 Å². The van der Waals surface area contributed by atoms with Gasteiger partial charge in [0.25, 0.3) is 0 Å². The summed E-state index contributed by atoms with van der Waals surface area (Å²) < 4.78 is 0. The molecule has 2 amide bonds. The molecule has 0 bridgehead atoms. The summed E-state index contributed by atoms with van der Waals surface area (Å²) in [7, 11) is 0. The summed E-state index contributed by atoms with van der Waals surface area (Å²) in [6.07, 6.45) is 4.02. The third kappa shape index (κ3) is 5.03. The van der Waals surface area contributed by atoms with Crippen LogP contribution in [0.5, 0.6) is 0 Å². The summed E-state index contributed by atoms with van der Waals surface area (Å²) in [6.45, 7) is 8.12. The number of benzene rings is 1. The molecule has 2 fully saturated rings. The zero-order valence-corrected chi connectivity index (χ0v) is 16.9. The number of hydrogen-bond acceptors (Lipinski definition) is 3. The molecule has 2 saturated heterocycles. The van der Waals surface area contributed by atoms with E-state index < -0.39 is 0 Å². The maximum absolute atomic E-state index is 13.0. The molecule has 146 valence electrons. The van der Waals surface area contributed by atoms with Crippen molar-refractivity contribution in [3.05, 3.63) is 46.5 Å². The highest BCUT2D eigenvalue weighted by Gasteiger charge is 2.33. The predicted molar refractivity (Wildman–Crippen MR) is 108 cm³/mol. The summed E-state index contributed by atoms with van der Waals surface area (Å²) in [5.74, 6) is -0.0127. The van der Waals surface area contributed by atoms with Gasteiger partial charge in [0.05, 0.1) is 22.5 Å². The number of carbonyl (C=O) groups is 2. The van der Waals surface area contributed by atoms with Crippen molar-refractivity contribution < 1.29 is 9.59 Å². The van der Waals surface area contributed by atoms with E-state index in [1.165, 1.54) is 18.9 Å². The molecule has 0 spiro atoms. The topological polar surface area (TPSA) is 43.9 Å². The highest BCUT2D eigenvalue weighted by atomic mass is 35.5. The Morgan fingerprint density at radius 3 is 2.52 bits per heavy atom. The number of piperazine rings is 1. The quantitative estimate of drug-likeness (QED) is 0.702. The van der Waals surface area contributed by atoms with Crippen LogP contribution in [0.2, 0.25) is 10.0 Å². The third-order valence-corrected chi connectivity index (χ3v) is 6.04. The molecular weight excluding hydrogens is 385 g/mol. The molecule has 0 aromatic heterocycles. The van der Waals surface area contributed by atoms with Crippen molar-refractivity contribution in [3.63, 3.8) is 0 Å². The number of rotatable bonds is 5. The average Bonchev–Trinajstić information content (AvgIpc) is 3.17. The van der Waals surface area contributed by atoms with Gasteiger partial charge in [-0.1, -0.05) is 35.8 Å². The van der Waals surface area contributed by atoms with Gasteiger partial charge in [-0.05, 0) is 49.7 Å². The van der Waals surface area contributed by atoms with Crippen molar-refractivity contribution in [2.24, 2.45) is 0 Å². The first-order valence-electron chi connectivity index (χ1n) is 9.35. The number of likely N-dealkylation sites (tertiary alicyclic amines) is 1. The zero-order chi connectivity index (χ0) is 19.4. The lowest BCUT2D eigenvalue weighted by Gasteiger charge is -2.42. The Hall–Kier alpha value is -1.56. The van der Waals surface area contributed by atoms with Crippen LogP contribution in [0.4, 0.5) is 0 Å². The van der Waals surface area contributed by atoms with E-state index >= 15 is 0 Å². The van der Waals surface area contributed by atoms with E-state index in [0.717, 1.165) is 25.2 Å². The molecule has 7 heteroatoms. The fraction of sp³-hybridized carbons (Fsp3) is 0.500. The standard InChI is InChI=1S/C20H25Cl2N3O2/c1-2-19(26)24-9-10-25(16(14-24)13-23-7-3-4-8-23)20(27)12-15-5-6-17(21)18(22)11-15/h2,5-6,11,16H,1,3-4,7-10,12-14H2. The highest BCUT2D eigenvalue weighted by molar-refractivity contribution is 6.42. The smallest absolute Gasteiger partial charge is 0.246 e. The van der Waals surface area contributed by atoms with Gasteiger partial charge in [-0.2, -0.15) is 0 Å². The SMILES string of the molecule is C=CC(=O)N1CCN(C(=O)Cc2ccc(Cl)c(Cl)c2)C(CN2CCCC2)C1. The van der Waals surface area contributed by atoms with Gasteiger partial charge in [0.1, 0.15) is 0 Å². The molecule has 2 heterocycles. The number of carbonyl (C=O) groups excluding carboxylic acids is 2. The second-order valence-corrected chi connectivity index (χ2v) is 7.98. The Labute approximate surface area is 170 Å². The lowest BCUT2D eigenvalue weighted by atomic mass is 10.1. The van der Waals surface area contributed by atoms with Crippen molar-refractivity contribution >= 4 is 35.0 Å². The molecule has 2 aliphatic heterocycles. The van der Waals surface area contributed by atoms with E-state index in [1.807, 2.05) is 11.0 Å². The monoisotopic (exact) mass is 409 g/mol. The van der Waals surface area contributed by atoms with E-state index in [0.29, 0.717) is 29.7 Å². The predicted octanol–water partition coefficient (Wildman–Crippen LogP) is 2.86. The van der Waals surface area contributed by atoms with Gasteiger partial charge in [0, 0.05) is 26.2 Å². The van der Waals surface area contributed by atoms with E-state index in [9.17, 15) is 9.59 Å². The minimum atomic E-state index is -0.0713. The van der Waals surface area contributed by atoms with Crippen molar-refractivity contribution in [3.8, 4) is 0 Å². The van der Waals surface area contributed by atoms with Gasteiger partial charge in [0.2, 0.25) is 11.8 Å². The van der Waals surface area contributed by atoms with Crippen LogP contribution in [0.3, 0.4) is 0 Å². The third-order valence-electron chi connectivity index (χ3n) is 5.30. The Kier molecular flexibility index (Phi) is 6.79. The molecular formula is C20H25Cl2N3O2. The number of amides is 2. The zero-order valence-electron chi connectivity index (χ0n) is 15.4. The van der Waals surface area contributed by atoms with Crippen molar-refractivity contribution in [2.45, 2.75) is 25.3 Å². The molecule has 5 nitrogen and oxygen atoms in total. The van der Waals surface area contributed by atoms with Gasteiger partial charge in [0.15, 0.2) is 0 Å². The van der Waals surface area contributed by atoms with Crippen molar-refractivity contribution in [1.82, 2.24) is 14.7 Å². The van der Waals surface area contributed by atoms with E-state index in [1.54, 1.807) is 17.0 Å². The van der Waals surface area contributed by atoms with Crippen LogP contribution in [0, 0.1) is 0 Å². The first-order chi connectivity index (χ1) is 13.0. The van der Waals surface area contributed by atoms with Gasteiger partial charge < -0.3 is 14.7 Å². The van der Waals surface area contributed by atoms with Gasteiger partial charge >= 0.3 is 0 Å². The van der Waals surface area contributed by atoms with Gasteiger partial charge in [-0.15, -0.1) is 0 Å². The van der Waals surface area contributed by atoms with Crippen LogP contribution in [0.15, 0.2) is 30.9 Å². The van der Waals surface area contributed by atoms with Crippen molar-refractivity contribution in [1.29, 1.82) is 0 Å². The van der Waals surface area contributed by atoms with Crippen molar-refractivity contribution in [2.75, 3.05) is 39.3 Å². The molecule has 1 aromatic rings. The molecule has 2 aliphatic rings. The molecule has 1 unspecified atom stereocenters. The number of halogens is 2. The normalized spacial score (nSPS) is 20.7. The molecule has 1 aromatic carbocycles. The van der Waals surface area contributed by atoms with Gasteiger partial charge in [-0.3, -0.25) is 9.59 Å². The largest absolute Gasteiger partial charge is 0.335 e. The summed E-state index contributed by atoms with van der Waals surface area (Å²) in [4.78, 5) is 31.1. The maximum Gasteiger partial charge on any atom is 0.246 e. The fourth-order valence-electron chi connectivity index (χ4n) is 3.86. The average molecular weight is 410 g/mol. The van der Waals surface area contributed by atoms with Crippen LogP contribution in [0.25, 0.3) is 0 Å². The summed E-state index contributed by atoms with van der Waals surface area (Å²) in [6, 6.07) is 5.29. The fourth-order valence-corrected chi connectivity index (χ4v) is 4.18. The maximum atomic E-state index is 13.0. The summed E-state index contributed by atoms with van der Waals surface area (Å²) in [5, 5.41) is 0.938. The van der Waals surface area contributed by atoms with Crippen LogP contribution in [0.1, 0.15) is 18.4 Å². The van der Waals surface area contributed by atoms with Crippen LogP contribution in [-0.4, -0.2) is 71.8 Å². The second-order valence-electron chi connectivity index (χ2n) is 7.16. The minimum absolute atomic E-state index is 0.00368. The van der Waals surface area contributed by atoms with Crippen LogP contribution in [-0.2, 0) is 16.0 Å². The lowest BCUT2D eigenvalue weighted by Crippen LogP contribution is -2.59. The Morgan fingerprint density at radius 1 is 1.11 bits per heavy atom. The summed E-state index contributed by atoms with van der Waals surface area (Å²) in [5.41, 5.74) is 0.846.